The molecule has 1 amide bonds. The Bertz CT molecular complexity index is 422. The molecule has 1 aromatic heterocycles. The number of ether oxygens (including phenoxy) is 2. The summed E-state index contributed by atoms with van der Waals surface area (Å²) < 4.78 is 10.2. The van der Waals surface area contributed by atoms with E-state index in [1.807, 2.05) is 0 Å². The van der Waals surface area contributed by atoms with Crippen LogP contribution in [0.1, 0.15) is 17.4 Å². The Balaban J connectivity index is 2.84. The second-order valence-corrected chi connectivity index (χ2v) is 3.59. The Hall–Kier alpha value is -1.63. The summed E-state index contributed by atoms with van der Waals surface area (Å²) in [4.78, 5) is 25.3. The van der Waals surface area contributed by atoms with E-state index in [4.69, 9.17) is 10.5 Å². The topological polar surface area (TPSA) is 91.5 Å². The molecule has 0 saturated heterocycles. The van der Waals surface area contributed by atoms with E-state index in [1.165, 1.54) is 13.1 Å². The van der Waals surface area contributed by atoms with Gasteiger partial charge in [0.15, 0.2) is 11.4 Å². The number of primary amides is 1. The van der Waals surface area contributed by atoms with Crippen LogP contribution in [0.4, 0.5) is 0 Å². The predicted octanol–water partition coefficient (Wildman–Crippen LogP) is 0.842. The van der Waals surface area contributed by atoms with Crippen molar-refractivity contribution in [2.75, 3.05) is 6.79 Å². The molecule has 0 aromatic carbocycles. The van der Waals surface area contributed by atoms with Gasteiger partial charge < -0.3 is 15.2 Å². The van der Waals surface area contributed by atoms with Gasteiger partial charge in [-0.3, -0.25) is 9.59 Å². The maximum Gasteiger partial charge on any atom is 0.305 e. The Kier molecular flexibility index (Phi) is 4.24. The van der Waals surface area contributed by atoms with E-state index in [2.05, 4.69) is 25.7 Å². The lowest BCUT2D eigenvalue weighted by Crippen LogP contribution is -2.16. The van der Waals surface area contributed by atoms with Gasteiger partial charge in [-0.15, -0.1) is 0 Å². The van der Waals surface area contributed by atoms with Crippen molar-refractivity contribution in [1.82, 2.24) is 4.98 Å². The maximum absolute atomic E-state index is 11.0. The molecule has 1 rings (SSSR count). The Morgan fingerprint density at radius 2 is 2.25 bits per heavy atom. The molecule has 0 radical (unpaired) electrons. The second-order valence-electron chi connectivity index (χ2n) is 2.73. The van der Waals surface area contributed by atoms with Gasteiger partial charge in [0.2, 0.25) is 6.79 Å². The van der Waals surface area contributed by atoms with E-state index in [9.17, 15) is 9.59 Å². The second kappa shape index (κ2) is 5.45. The zero-order chi connectivity index (χ0) is 12.1. The molecular weight excluding hydrogens is 280 g/mol. The van der Waals surface area contributed by atoms with E-state index >= 15 is 0 Å². The van der Waals surface area contributed by atoms with Crippen LogP contribution in [0.5, 0.6) is 5.75 Å². The van der Waals surface area contributed by atoms with Crippen LogP contribution >= 0.6 is 15.9 Å². The van der Waals surface area contributed by atoms with Crippen molar-refractivity contribution in [2.45, 2.75) is 6.92 Å². The third-order valence-electron chi connectivity index (χ3n) is 1.56. The summed E-state index contributed by atoms with van der Waals surface area (Å²) in [5.74, 6) is -1.06. The number of carbonyl (C=O) groups excluding carboxylic acids is 2. The highest BCUT2D eigenvalue weighted by molar-refractivity contribution is 9.10. The van der Waals surface area contributed by atoms with Crippen LogP contribution in [0.3, 0.4) is 0 Å². The number of esters is 1. The number of halogens is 1. The number of rotatable bonds is 4. The summed E-state index contributed by atoms with van der Waals surface area (Å²) in [5, 5.41) is 0. The molecule has 7 heteroatoms. The molecule has 2 N–H and O–H groups in total. The minimum atomic E-state index is -0.723. The third-order valence-corrected chi connectivity index (χ3v) is 2.18. The number of aromatic nitrogens is 1. The average Bonchev–Trinajstić information content (AvgIpc) is 2.19. The molecule has 0 bridgehead atoms. The van der Waals surface area contributed by atoms with Gasteiger partial charge in [0.05, 0.1) is 4.47 Å². The van der Waals surface area contributed by atoms with Crippen LogP contribution in [-0.2, 0) is 9.53 Å². The first-order valence-electron chi connectivity index (χ1n) is 4.23. The lowest BCUT2D eigenvalue weighted by Gasteiger charge is -2.09. The van der Waals surface area contributed by atoms with Gasteiger partial charge in [-0.1, -0.05) is 0 Å². The van der Waals surface area contributed by atoms with Crippen LogP contribution in [0.25, 0.3) is 0 Å². The lowest BCUT2D eigenvalue weighted by atomic mass is 10.3. The summed E-state index contributed by atoms with van der Waals surface area (Å²) in [6.45, 7) is 0.941. The molecule has 0 unspecified atom stereocenters. The highest BCUT2D eigenvalue weighted by Gasteiger charge is 2.14. The number of pyridine rings is 1. The SMILES string of the molecule is CC(=O)OCOc1c(Br)ccnc1C(N)=O. The predicted molar refractivity (Wildman–Crippen MR) is 57.7 cm³/mol. The molecule has 0 saturated carbocycles. The fourth-order valence-electron chi connectivity index (χ4n) is 0.909. The minimum Gasteiger partial charge on any atom is -0.454 e. The summed E-state index contributed by atoms with van der Waals surface area (Å²) in [5.41, 5.74) is 5.08. The molecule has 0 aliphatic rings. The molecule has 6 nitrogen and oxygen atoms in total. The first kappa shape index (κ1) is 12.4. The summed E-state index contributed by atoms with van der Waals surface area (Å²) in [7, 11) is 0. The number of carbonyl (C=O) groups is 2. The molecule has 1 aromatic rings. The molecular formula is C9H9BrN2O4. The number of nitrogens with zero attached hydrogens (tertiary/aromatic N) is 1. The smallest absolute Gasteiger partial charge is 0.305 e. The van der Waals surface area contributed by atoms with E-state index in [0.29, 0.717) is 4.47 Å². The zero-order valence-electron chi connectivity index (χ0n) is 8.40. The van der Waals surface area contributed by atoms with Crippen LogP contribution in [0, 0.1) is 0 Å². The highest BCUT2D eigenvalue weighted by atomic mass is 79.9. The summed E-state index contributed by atoms with van der Waals surface area (Å²) in [6, 6.07) is 1.58. The van der Waals surface area contributed by atoms with Crippen molar-refractivity contribution in [3.63, 3.8) is 0 Å². The molecule has 0 aliphatic carbocycles. The van der Waals surface area contributed by atoms with Gasteiger partial charge in [0.1, 0.15) is 0 Å². The number of amides is 1. The van der Waals surface area contributed by atoms with Crippen molar-refractivity contribution >= 4 is 27.8 Å². The van der Waals surface area contributed by atoms with Gasteiger partial charge >= 0.3 is 5.97 Å². The Morgan fingerprint density at radius 1 is 1.56 bits per heavy atom. The summed E-state index contributed by atoms with van der Waals surface area (Å²) >= 11 is 3.17. The van der Waals surface area contributed by atoms with Gasteiger partial charge in [-0.25, -0.2) is 4.98 Å². The maximum atomic E-state index is 11.0. The third kappa shape index (κ3) is 3.20. The van der Waals surface area contributed by atoms with Crippen LogP contribution in [-0.4, -0.2) is 23.7 Å². The first-order chi connectivity index (χ1) is 7.52. The van der Waals surface area contributed by atoms with E-state index in [-0.39, 0.29) is 18.2 Å². The fraction of sp³-hybridized carbons (Fsp3) is 0.222. The molecule has 0 spiro atoms. The normalized spacial score (nSPS) is 9.62. The number of hydrogen-bond donors (Lipinski definition) is 1. The Labute approximate surface area is 99.9 Å². The van der Waals surface area contributed by atoms with E-state index in [0.717, 1.165) is 0 Å². The number of nitrogens with two attached hydrogens (primary N) is 1. The van der Waals surface area contributed by atoms with Crippen molar-refractivity contribution < 1.29 is 19.1 Å². The molecule has 86 valence electrons. The van der Waals surface area contributed by atoms with Crippen molar-refractivity contribution in [3.05, 3.63) is 22.4 Å². The lowest BCUT2D eigenvalue weighted by molar-refractivity contribution is -0.147. The first-order valence-corrected chi connectivity index (χ1v) is 5.02. The molecule has 16 heavy (non-hydrogen) atoms. The van der Waals surface area contributed by atoms with Crippen molar-refractivity contribution in [3.8, 4) is 5.75 Å². The van der Waals surface area contributed by atoms with Gasteiger partial charge in [0, 0.05) is 13.1 Å². The van der Waals surface area contributed by atoms with Crippen LogP contribution in [0.15, 0.2) is 16.7 Å². The van der Waals surface area contributed by atoms with Crippen LogP contribution < -0.4 is 10.5 Å². The monoisotopic (exact) mass is 288 g/mol. The van der Waals surface area contributed by atoms with Crippen LogP contribution in [0.2, 0.25) is 0 Å². The van der Waals surface area contributed by atoms with E-state index < -0.39 is 11.9 Å². The highest BCUT2D eigenvalue weighted by Crippen LogP contribution is 2.27. The fourth-order valence-corrected chi connectivity index (χ4v) is 1.33. The standard InChI is InChI=1S/C9H9BrN2O4/c1-5(13)15-4-16-8-6(10)2-3-12-7(8)9(11)14/h2-3H,4H2,1H3,(H2,11,14). The Morgan fingerprint density at radius 3 is 2.81 bits per heavy atom. The molecule has 0 aliphatic heterocycles. The van der Waals surface area contributed by atoms with Gasteiger partial charge in [0.25, 0.3) is 5.91 Å². The summed E-state index contributed by atoms with van der Waals surface area (Å²) in [6.07, 6.45) is 1.41. The zero-order valence-corrected chi connectivity index (χ0v) is 9.98. The molecule has 0 atom stereocenters. The molecule has 1 heterocycles. The van der Waals surface area contributed by atoms with Gasteiger partial charge in [-0.05, 0) is 22.0 Å². The van der Waals surface area contributed by atoms with Crippen molar-refractivity contribution in [1.29, 1.82) is 0 Å². The largest absolute Gasteiger partial charge is 0.454 e. The van der Waals surface area contributed by atoms with E-state index in [1.54, 1.807) is 6.07 Å². The average molecular weight is 289 g/mol. The minimum absolute atomic E-state index is 0.0264. The van der Waals surface area contributed by atoms with Gasteiger partial charge in [-0.2, -0.15) is 0 Å². The number of hydrogen-bond acceptors (Lipinski definition) is 5. The quantitative estimate of drug-likeness (QED) is 0.655. The molecule has 0 fully saturated rings. The van der Waals surface area contributed by atoms with Crippen molar-refractivity contribution in [2.24, 2.45) is 5.73 Å².